The van der Waals surface area contributed by atoms with Gasteiger partial charge in [-0.25, -0.2) is 8.42 Å². The number of sulfonamides is 1. The Morgan fingerprint density at radius 3 is 2.10 bits per heavy atom. The van der Waals surface area contributed by atoms with Crippen molar-refractivity contribution in [3.8, 4) is 0 Å². The molecule has 1 aliphatic heterocycles. The van der Waals surface area contributed by atoms with Gasteiger partial charge in [0.25, 0.3) is 5.91 Å². The number of aryl methyl sites for hydroxylation is 1. The van der Waals surface area contributed by atoms with Crippen LogP contribution < -0.4 is 10.2 Å². The number of quaternary nitrogens is 1. The first kappa shape index (κ1) is 22.1. The standard InChI is InChI=1S/C22H27N3O4S/c1-16-4-10-21(11-5-16)30(28,29)25-14-12-24(13-15-25)17(2)22(27)23-20-8-6-19(7-9-20)18(3)26/h4-11,17H,12-15H2,1-3H3,(H,23,27)/p+1/t17-/m0/s1. The van der Waals surface area contributed by atoms with Crippen molar-refractivity contribution in [1.82, 2.24) is 4.31 Å². The number of Topliss-reactive ketones (excluding diaryl/α,β-unsaturated/α-hetero) is 1. The van der Waals surface area contributed by atoms with E-state index < -0.39 is 10.0 Å². The summed E-state index contributed by atoms with van der Waals surface area (Å²) < 4.78 is 27.2. The van der Waals surface area contributed by atoms with Crippen molar-refractivity contribution in [2.24, 2.45) is 0 Å². The average molecular weight is 431 g/mol. The molecule has 160 valence electrons. The number of rotatable bonds is 6. The number of hydrogen-bond acceptors (Lipinski definition) is 4. The van der Waals surface area contributed by atoms with Crippen LogP contribution in [0.2, 0.25) is 0 Å². The van der Waals surface area contributed by atoms with Crippen molar-refractivity contribution in [1.29, 1.82) is 0 Å². The van der Waals surface area contributed by atoms with Crippen LogP contribution in [0.5, 0.6) is 0 Å². The third kappa shape index (κ3) is 4.95. The fourth-order valence-electron chi connectivity index (χ4n) is 3.53. The van der Waals surface area contributed by atoms with Crippen LogP contribution in [0, 0.1) is 6.92 Å². The molecule has 1 heterocycles. The summed E-state index contributed by atoms with van der Waals surface area (Å²) in [5.41, 5.74) is 2.24. The molecule has 0 radical (unpaired) electrons. The van der Waals surface area contributed by atoms with Gasteiger partial charge in [-0.3, -0.25) is 9.59 Å². The minimum absolute atomic E-state index is 0.0239. The molecule has 2 aromatic rings. The highest BCUT2D eigenvalue weighted by Gasteiger charge is 2.34. The van der Waals surface area contributed by atoms with Crippen molar-refractivity contribution < 1.29 is 22.9 Å². The predicted octanol–water partition coefficient (Wildman–Crippen LogP) is 1.11. The second-order valence-corrected chi connectivity index (χ2v) is 9.66. The molecule has 8 heteroatoms. The second-order valence-electron chi connectivity index (χ2n) is 7.72. The fraction of sp³-hybridized carbons (Fsp3) is 0.364. The van der Waals surface area contributed by atoms with E-state index in [1.807, 2.05) is 13.8 Å². The van der Waals surface area contributed by atoms with Crippen molar-refractivity contribution in [3.63, 3.8) is 0 Å². The maximum absolute atomic E-state index is 12.8. The Morgan fingerprint density at radius 1 is 1.00 bits per heavy atom. The van der Waals surface area contributed by atoms with E-state index in [1.165, 1.54) is 11.2 Å². The van der Waals surface area contributed by atoms with E-state index >= 15 is 0 Å². The van der Waals surface area contributed by atoms with Crippen LogP contribution in [-0.4, -0.2) is 56.6 Å². The summed E-state index contributed by atoms with van der Waals surface area (Å²) in [6.45, 7) is 7.12. The smallest absolute Gasteiger partial charge is 0.282 e. The minimum atomic E-state index is -3.52. The number of carbonyl (C=O) groups excluding carboxylic acids is 2. The van der Waals surface area contributed by atoms with Gasteiger partial charge in [-0.15, -0.1) is 0 Å². The largest absolute Gasteiger partial charge is 0.323 e. The third-order valence-corrected chi connectivity index (χ3v) is 7.50. The van der Waals surface area contributed by atoms with Gasteiger partial charge >= 0.3 is 0 Å². The first-order valence-electron chi connectivity index (χ1n) is 10.0. The quantitative estimate of drug-likeness (QED) is 0.672. The number of piperazine rings is 1. The molecule has 1 fully saturated rings. The van der Waals surface area contributed by atoms with Gasteiger partial charge in [-0.2, -0.15) is 4.31 Å². The van der Waals surface area contributed by atoms with Gasteiger partial charge in [0.1, 0.15) is 0 Å². The predicted molar refractivity (Wildman–Crippen MR) is 115 cm³/mol. The minimum Gasteiger partial charge on any atom is -0.323 e. The summed E-state index contributed by atoms with van der Waals surface area (Å²) in [5, 5.41) is 2.87. The van der Waals surface area contributed by atoms with E-state index in [1.54, 1.807) is 48.5 Å². The molecule has 1 saturated heterocycles. The van der Waals surface area contributed by atoms with Gasteiger partial charge in [0.05, 0.1) is 31.1 Å². The Morgan fingerprint density at radius 2 is 1.57 bits per heavy atom. The third-order valence-electron chi connectivity index (χ3n) is 5.59. The molecule has 0 aromatic heterocycles. The van der Waals surface area contributed by atoms with E-state index in [9.17, 15) is 18.0 Å². The SMILES string of the molecule is CC(=O)c1ccc(NC(=O)[C@H](C)[NH+]2CCN(S(=O)(=O)c3ccc(C)cc3)CC2)cc1. The molecule has 30 heavy (non-hydrogen) atoms. The Bertz CT molecular complexity index is 1010. The highest BCUT2D eigenvalue weighted by atomic mass is 32.2. The van der Waals surface area contributed by atoms with Gasteiger partial charge in [-0.05, 0) is 57.2 Å². The van der Waals surface area contributed by atoms with Crippen LogP contribution in [0.15, 0.2) is 53.4 Å². The van der Waals surface area contributed by atoms with Gasteiger partial charge in [0.2, 0.25) is 10.0 Å². The molecular weight excluding hydrogens is 402 g/mol. The van der Waals surface area contributed by atoms with Gasteiger partial charge in [-0.1, -0.05) is 17.7 Å². The van der Waals surface area contributed by atoms with Crippen molar-refractivity contribution in [3.05, 3.63) is 59.7 Å². The molecule has 0 unspecified atom stereocenters. The molecule has 1 amide bonds. The molecule has 0 aliphatic carbocycles. The summed E-state index contributed by atoms with van der Waals surface area (Å²) in [6.07, 6.45) is 0. The lowest BCUT2D eigenvalue weighted by atomic mass is 10.1. The number of ketones is 1. The second kappa shape index (κ2) is 9.07. The number of anilines is 1. The zero-order valence-electron chi connectivity index (χ0n) is 17.5. The maximum Gasteiger partial charge on any atom is 0.282 e. The van der Waals surface area contributed by atoms with Gasteiger partial charge in [0.15, 0.2) is 11.8 Å². The molecule has 1 atom stereocenters. The lowest BCUT2D eigenvalue weighted by Gasteiger charge is -2.34. The summed E-state index contributed by atoms with van der Waals surface area (Å²) in [5.74, 6) is -0.153. The van der Waals surface area contributed by atoms with Gasteiger partial charge < -0.3 is 10.2 Å². The number of hydrogen-bond donors (Lipinski definition) is 2. The molecule has 2 aromatic carbocycles. The van der Waals surface area contributed by atoms with E-state index in [-0.39, 0.29) is 17.7 Å². The van der Waals surface area contributed by atoms with Gasteiger partial charge in [0, 0.05) is 11.3 Å². The molecule has 0 spiro atoms. The molecular formula is C22H28N3O4S+. The number of benzene rings is 2. The number of amides is 1. The summed E-state index contributed by atoms with van der Waals surface area (Å²) in [7, 11) is -3.52. The van der Waals surface area contributed by atoms with Crippen molar-refractivity contribution >= 4 is 27.4 Å². The fourth-order valence-corrected chi connectivity index (χ4v) is 4.97. The van der Waals surface area contributed by atoms with E-state index in [4.69, 9.17) is 0 Å². The molecule has 0 saturated carbocycles. The molecule has 7 nitrogen and oxygen atoms in total. The molecule has 0 bridgehead atoms. The zero-order chi connectivity index (χ0) is 21.9. The monoisotopic (exact) mass is 430 g/mol. The van der Waals surface area contributed by atoms with Crippen LogP contribution in [0.4, 0.5) is 5.69 Å². The van der Waals surface area contributed by atoms with E-state index in [0.29, 0.717) is 42.3 Å². The Balaban J connectivity index is 1.57. The highest BCUT2D eigenvalue weighted by Crippen LogP contribution is 2.16. The lowest BCUT2D eigenvalue weighted by molar-refractivity contribution is -0.917. The first-order chi connectivity index (χ1) is 14.2. The zero-order valence-corrected chi connectivity index (χ0v) is 18.3. The molecule has 2 N–H and O–H groups in total. The number of carbonyl (C=O) groups is 2. The maximum atomic E-state index is 12.8. The Labute approximate surface area is 177 Å². The van der Waals surface area contributed by atoms with Crippen LogP contribution in [0.3, 0.4) is 0 Å². The average Bonchev–Trinajstić information content (AvgIpc) is 2.74. The molecule has 1 aliphatic rings. The van der Waals surface area contributed by atoms with Crippen molar-refractivity contribution in [2.75, 3.05) is 31.5 Å². The number of nitrogens with one attached hydrogen (secondary N) is 2. The normalized spacial score (nSPS) is 16.8. The Hall–Kier alpha value is -2.55. The Kier molecular flexibility index (Phi) is 6.70. The van der Waals surface area contributed by atoms with Crippen molar-refractivity contribution in [2.45, 2.75) is 31.7 Å². The topological polar surface area (TPSA) is 88.0 Å². The van der Waals surface area contributed by atoms with E-state index in [2.05, 4.69) is 5.32 Å². The lowest BCUT2D eigenvalue weighted by Crippen LogP contribution is -3.19. The summed E-state index contributed by atoms with van der Waals surface area (Å²) in [4.78, 5) is 25.3. The van der Waals surface area contributed by atoms with Crippen LogP contribution in [0.25, 0.3) is 0 Å². The van der Waals surface area contributed by atoms with Crippen LogP contribution >= 0.6 is 0 Å². The first-order valence-corrected chi connectivity index (χ1v) is 11.5. The van der Waals surface area contributed by atoms with Crippen LogP contribution in [-0.2, 0) is 14.8 Å². The molecule has 3 rings (SSSR count). The number of nitrogens with zero attached hydrogens (tertiary/aromatic N) is 1. The van der Waals surface area contributed by atoms with Crippen LogP contribution in [0.1, 0.15) is 29.8 Å². The highest BCUT2D eigenvalue weighted by molar-refractivity contribution is 7.89. The van der Waals surface area contributed by atoms with E-state index in [0.717, 1.165) is 10.5 Å². The summed E-state index contributed by atoms with van der Waals surface area (Å²) in [6, 6.07) is 13.3. The summed E-state index contributed by atoms with van der Waals surface area (Å²) >= 11 is 0.